The highest BCUT2D eigenvalue weighted by atomic mass is 16.5. The minimum atomic E-state index is -0.493. The number of imide groups is 1. The van der Waals surface area contributed by atoms with Crippen molar-refractivity contribution in [1.82, 2.24) is 4.90 Å². The molecule has 2 saturated heterocycles. The second-order valence-corrected chi connectivity index (χ2v) is 4.44. The third kappa shape index (κ3) is 1.84. The maximum atomic E-state index is 12.3. The molecule has 0 bridgehead atoms. The zero-order chi connectivity index (χ0) is 13.4. The van der Waals surface area contributed by atoms with Crippen molar-refractivity contribution in [3.05, 3.63) is 24.3 Å². The van der Waals surface area contributed by atoms with Crippen LogP contribution in [0.5, 0.6) is 5.75 Å². The van der Waals surface area contributed by atoms with Gasteiger partial charge >= 0.3 is 6.03 Å². The molecule has 2 heterocycles. The van der Waals surface area contributed by atoms with Crippen LogP contribution in [0.2, 0.25) is 0 Å². The van der Waals surface area contributed by atoms with Gasteiger partial charge in [-0.05, 0) is 12.1 Å². The summed E-state index contributed by atoms with van der Waals surface area (Å²) in [6.07, 6.45) is 0. The van der Waals surface area contributed by atoms with E-state index in [-0.39, 0.29) is 18.5 Å². The highest BCUT2D eigenvalue weighted by molar-refractivity contribution is 6.21. The van der Waals surface area contributed by atoms with Crippen molar-refractivity contribution in [2.45, 2.75) is 6.04 Å². The summed E-state index contributed by atoms with van der Waals surface area (Å²) in [5.74, 6) is 0.372. The average Bonchev–Trinajstić information content (AvgIpc) is 2.72. The van der Waals surface area contributed by atoms with E-state index in [9.17, 15) is 9.59 Å². The zero-order valence-corrected chi connectivity index (χ0v) is 10.5. The van der Waals surface area contributed by atoms with E-state index in [2.05, 4.69) is 0 Å². The lowest BCUT2D eigenvalue weighted by molar-refractivity contribution is -0.123. The molecule has 6 nitrogen and oxygen atoms in total. The van der Waals surface area contributed by atoms with Gasteiger partial charge in [0.15, 0.2) is 0 Å². The third-order valence-electron chi connectivity index (χ3n) is 3.38. The van der Waals surface area contributed by atoms with Crippen molar-refractivity contribution in [3.63, 3.8) is 0 Å². The number of methoxy groups -OCH3 is 1. The van der Waals surface area contributed by atoms with Crippen molar-refractivity contribution in [2.24, 2.45) is 0 Å². The van der Waals surface area contributed by atoms with Crippen molar-refractivity contribution < 1.29 is 19.1 Å². The van der Waals surface area contributed by atoms with Crippen LogP contribution in [0.3, 0.4) is 0 Å². The minimum absolute atomic E-state index is 0.238. The van der Waals surface area contributed by atoms with Gasteiger partial charge in [0.25, 0.3) is 5.91 Å². The molecule has 0 saturated carbocycles. The van der Waals surface area contributed by atoms with Crippen molar-refractivity contribution in [3.8, 4) is 5.75 Å². The number of carbonyl (C=O) groups is 2. The number of carbonyl (C=O) groups excluding carboxylic acids is 2. The van der Waals surface area contributed by atoms with E-state index in [1.54, 1.807) is 36.3 Å². The smallest absolute Gasteiger partial charge is 0.332 e. The molecule has 19 heavy (non-hydrogen) atoms. The largest absolute Gasteiger partial charge is 0.497 e. The standard InChI is InChI=1S/C13H14N2O4/c1-18-10-4-2-3-9(7-10)15-12(16)11-8-19-6-5-14(11)13(15)17/h2-4,7,11H,5-6,8H2,1H3. The fraction of sp³-hybridized carbons (Fsp3) is 0.385. The average molecular weight is 262 g/mol. The van der Waals surface area contributed by atoms with Gasteiger partial charge in [-0.2, -0.15) is 0 Å². The van der Waals surface area contributed by atoms with Crippen LogP contribution in [-0.2, 0) is 9.53 Å². The Labute approximate surface area is 110 Å². The molecule has 0 aromatic heterocycles. The first-order valence-electron chi connectivity index (χ1n) is 6.09. The first-order valence-corrected chi connectivity index (χ1v) is 6.09. The lowest BCUT2D eigenvalue weighted by Crippen LogP contribution is -2.45. The molecule has 2 fully saturated rings. The predicted octanol–water partition coefficient (Wildman–Crippen LogP) is 0.863. The summed E-state index contributed by atoms with van der Waals surface area (Å²) in [5.41, 5.74) is 0.531. The molecule has 6 heteroatoms. The van der Waals surface area contributed by atoms with Crippen LogP contribution < -0.4 is 9.64 Å². The molecule has 100 valence electrons. The third-order valence-corrected chi connectivity index (χ3v) is 3.38. The quantitative estimate of drug-likeness (QED) is 0.742. The van der Waals surface area contributed by atoms with Gasteiger partial charge in [0.1, 0.15) is 11.8 Å². The molecule has 0 N–H and O–H groups in total. The molecule has 3 amide bonds. The maximum absolute atomic E-state index is 12.3. The summed E-state index contributed by atoms with van der Waals surface area (Å²) in [7, 11) is 1.55. The van der Waals surface area contributed by atoms with Crippen LogP contribution in [0.4, 0.5) is 10.5 Å². The van der Waals surface area contributed by atoms with Gasteiger partial charge in [-0.3, -0.25) is 4.79 Å². The monoisotopic (exact) mass is 262 g/mol. The Hall–Kier alpha value is -2.08. The molecule has 2 aliphatic rings. The normalized spacial score (nSPS) is 22.7. The number of fused-ring (bicyclic) bond motifs is 1. The minimum Gasteiger partial charge on any atom is -0.497 e. The maximum Gasteiger partial charge on any atom is 0.332 e. The lowest BCUT2D eigenvalue weighted by Gasteiger charge is -2.26. The van der Waals surface area contributed by atoms with E-state index in [4.69, 9.17) is 9.47 Å². The Morgan fingerprint density at radius 1 is 1.37 bits per heavy atom. The summed E-state index contributed by atoms with van der Waals surface area (Å²) in [5, 5.41) is 0. The van der Waals surface area contributed by atoms with Gasteiger partial charge in [-0.1, -0.05) is 6.07 Å². The summed E-state index contributed by atoms with van der Waals surface area (Å²) in [4.78, 5) is 27.3. The predicted molar refractivity (Wildman–Crippen MR) is 67.2 cm³/mol. The van der Waals surface area contributed by atoms with E-state index in [1.807, 2.05) is 0 Å². The van der Waals surface area contributed by atoms with Crippen LogP contribution in [0.15, 0.2) is 24.3 Å². The van der Waals surface area contributed by atoms with Gasteiger partial charge in [0, 0.05) is 12.6 Å². The number of urea groups is 1. The van der Waals surface area contributed by atoms with Crippen LogP contribution in [0.25, 0.3) is 0 Å². The highest BCUT2D eigenvalue weighted by Crippen LogP contribution is 2.29. The molecule has 0 spiro atoms. The molecule has 0 radical (unpaired) electrons. The van der Waals surface area contributed by atoms with Crippen molar-refractivity contribution >= 4 is 17.6 Å². The Morgan fingerprint density at radius 2 is 2.21 bits per heavy atom. The molecule has 3 rings (SSSR count). The molecule has 0 aliphatic carbocycles. The van der Waals surface area contributed by atoms with Crippen LogP contribution in [0.1, 0.15) is 0 Å². The van der Waals surface area contributed by atoms with Crippen LogP contribution in [-0.4, -0.2) is 49.7 Å². The fourth-order valence-corrected chi connectivity index (χ4v) is 2.40. The molecular weight excluding hydrogens is 248 g/mol. The highest BCUT2D eigenvalue weighted by Gasteiger charge is 2.47. The van der Waals surface area contributed by atoms with E-state index in [0.717, 1.165) is 0 Å². The van der Waals surface area contributed by atoms with Gasteiger partial charge < -0.3 is 14.4 Å². The first-order chi connectivity index (χ1) is 9.22. The van der Waals surface area contributed by atoms with Gasteiger partial charge in [-0.15, -0.1) is 0 Å². The van der Waals surface area contributed by atoms with Gasteiger partial charge in [-0.25, -0.2) is 9.69 Å². The Bertz CT molecular complexity index is 507. The number of hydrogen-bond donors (Lipinski definition) is 0. The van der Waals surface area contributed by atoms with Crippen LogP contribution in [0, 0.1) is 0 Å². The number of hydrogen-bond acceptors (Lipinski definition) is 4. The topological polar surface area (TPSA) is 59.1 Å². The number of anilines is 1. The van der Waals surface area contributed by atoms with Crippen LogP contribution >= 0.6 is 0 Å². The Balaban J connectivity index is 1.95. The summed E-state index contributed by atoms with van der Waals surface area (Å²) >= 11 is 0. The Morgan fingerprint density at radius 3 is 2.95 bits per heavy atom. The van der Waals surface area contributed by atoms with Crippen molar-refractivity contribution in [2.75, 3.05) is 31.8 Å². The number of morpholine rings is 1. The molecule has 1 aromatic rings. The van der Waals surface area contributed by atoms with Crippen molar-refractivity contribution in [1.29, 1.82) is 0 Å². The van der Waals surface area contributed by atoms with Gasteiger partial charge in [0.05, 0.1) is 26.0 Å². The number of nitrogens with zero attached hydrogens (tertiary/aromatic N) is 2. The number of amides is 3. The lowest BCUT2D eigenvalue weighted by atomic mass is 10.2. The SMILES string of the molecule is COc1cccc(N2C(=O)C3COCCN3C2=O)c1. The van der Waals surface area contributed by atoms with E-state index < -0.39 is 6.04 Å². The van der Waals surface area contributed by atoms with Gasteiger partial charge in [0.2, 0.25) is 0 Å². The zero-order valence-electron chi connectivity index (χ0n) is 10.5. The second-order valence-electron chi connectivity index (χ2n) is 4.44. The second kappa shape index (κ2) is 4.55. The molecule has 2 aliphatic heterocycles. The number of ether oxygens (including phenoxy) is 2. The summed E-state index contributed by atoms with van der Waals surface area (Å²) < 4.78 is 10.4. The Kier molecular flexibility index (Phi) is 2.87. The van der Waals surface area contributed by atoms with E-state index in [0.29, 0.717) is 24.6 Å². The molecule has 1 aromatic carbocycles. The summed E-state index contributed by atoms with van der Waals surface area (Å²) in [6, 6.07) is 6.14. The fourth-order valence-electron chi connectivity index (χ4n) is 2.40. The molecule has 1 atom stereocenters. The molecule has 1 unspecified atom stereocenters. The van der Waals surface area contributed by atoms with E-state index in [1.165, 1.54) is 4.90 Å². The number of rotatable bonds is 2. The first kappa shape index (κ1) is 12.0. The molecular formula is C13H14N2O4. The van der Waals surface area contributed by atoms with E-state index >= 15 is 0 Å². The summed E-state index contributed by atoms with van der Waals surface area (Å²) in [6.45, 7) is 1.20. The number of benzene rings is 1.